The number of carbonyl (C=O) groups is 2. The van der Waals surface area contributed by atoms with Crippen molar-refractivity contribution in [3.05, 3.63) is 28.7 Å². The molecular weight excluding hydrogens is 226 g/mol. The number of nitrogens with zero attached hydrogens (tertiary/aromatic N) is 1. The first-order valence-corrected chi connectivity index (χ1v) is 4.53. The van der Waals surface area contributed by atoms with Crippen LogP contribution in [0, 0.1) is 18.3 Å². The molecular formula is C11H9NO5. The number of hydrogen-bond donors (Lipinski definition) is 1. The molecule has 0 aliphatic heterocycles. The lowest BCUT2D eigenvalue weighted by atomic mass is 10.2. The van der Waals surface area contributed by atoms with E-state index in [-0.39, 0.29) is 11.3 Å². The molecule has 0 saturated heterocycles. The molecule has 6 heteroatoms. The number of ether oxygens (including phenoxy) is 1. The van der Waals surface area contributed by atoms with Crippen LogP contribution in [-0.4, -0.2) is 24.2 Å². The summed E-state index contributed by atoms with van der Waals surface area (Å²) in [5.41, 5.74) is -0.281. The van der Waals surface area contributed by atoms with Crippen molar-refractivity contribution in [2.24, 2.45) is 0 Å². The Bertz CT molecular complexity index is 533. The number of carboxylic acids is 1. The van der Waals surface area contributed by atoms with Gasteiger partial charge in [0.25, 0.3) is 0 Å². The van der Waals surface area contributed by atoms with Crippen LogP contribution in [0.15, 0.2) is 16.1 Å². The highest BCUT2D eigenvalue weighted by Gasteiger charge is 2.15. The van der Waals surface area contributed by atoms with Crippen LogP contribution in [0.5, 0.6) is 0 Å². The Morgan fingerprint density at radius 2 is 2.24 bits per heavy atom. The zero-order chi connectivity index (χ0) is 13.0. The van der Waals surface area contributed by atoms with Gasteiger partial charge in [-0.2, -0.15) is 5.26 Å². The van der Waals surface area contributed by atoms with E-state index >= 15 is 0 Å². The van der Waals surface area contributed by atoms with Crippen LogP contribution >= 0.6 is 0 Å². The van der Waals surface area contributed by atoms with Crippen molar-refractivity contribution < 1.29 is 23.8 Å². The van der Waals surface area contributed by atoms with E-state index in [0.29, 0.717) is 5.76 Å². The van der Waals surface area contributed by atoms with Crippen molar-refractivity contribution in [1.29, 1.82) is 5.26 Å². The van der Waals surface area contributed by atoms with Crippen molar-refractivity contribution in [2.45, 2.75) is 6.92 Å². The van der Waals surface area contributed by atoms with Crippen molar-refractivity contribution in [3.8, 4) is 6.07 Å². The second-order valence-corrected chi connectivity index (χ2v) is 3.09. The predicted molar refractivity (Wildman–Crippen MR) is 56.0 cm³/mol. The summed E-state index contributed by atoms with van der Waals surface area (Å²) in [7, 11) is 1.22. The zero-order valence-electron chi connectivity index (χ0n) is 9.18. The summed E-state index contributed by atoms with van der Waals surface area (Å²) in [6.07, 6.45) is 1.04. The van der Waals surface area contributed by atoms with E-state index in [2.05, 4.69) is 4.74 Å². The molecule has 0 unspecified atom stereocenters. The quantitative estimate of drug-likeness (QED) is 0.482. The van der Waals surface area contributed by atoms with Crippen molar-refractivity contribution in [3.63, 3.8) is 0 Å². The van der Waals surface area contributed by atoms with Crippen LogP contribution in [0.4, 0.5) is 0 Å². The predicted octanol–water partition coefficient (Wildman–Crippen LogP) is 1.37. The number of rotatable bonds is 3. The lowest BCUT2D eigenvalue weighted by Gasteiger charge is -1.93. The first-order valence-electron chi connectivity index (χ1n) is 4.53. The number of aryl methyl sites for hydroxylation is 1. The number of aliphatic carboxylic acids is 1. The third-order valence-electron chi connectivity index (χ3n) is 1.98. The summed E-state index contributed by atoms with van der Waals surface area (Å²) in [6.45, 7) is 1.54. The fourth-order valence-electron chi connectivity index (χ4n) is 1.17. The second-order valence-electron chi connectivity index (χ2n) is 3.09. The lowest BCUT2D eigenvalue weighted by Crippen LogP contribution is -2.00. The lowest BCUT2D eigenvalue weighted by molar-refractivity contribution is -0.132. The molecule has 0 aliphatic rings. The van der Waals surface area contributed by atoms with Crippen molar-refractivity contribution >= 4 is 18.0 Å². The van der Waals surface area contributed by atoms with Gasteiger partial charge in [-0.25, -0.2) is 9.59 Å². The van der Waals surface area contributed by atoms with E-state index < -0.39 is 17.5 Å². The zero-order valence-corrected chi connectivity index (χ0v) is 9.18. The Hall–Kier alpha value is -2.55. The molecule has 0 spiro atoms. The molecule has 88 valence electrons. The van der Waals surface area contributed by atoms with Gasteiger partial charge in [0.1, 0.15) is 28.7 Å². The molecule has 17 heavy (non-hydrogen) atoms. The molecule has 0 atom stereocenters. The summed E-state index contributed by atoms with van der Waals surface area (Å²) in [4.78, 5) is 21.8. The second kappa shape index (κ2) is 4.99. The average molecular weight is 235 g/mol. The van der Waals surface area contributed by atoms with Gasteiger partial charge in [0.2, 0.25) is 0 Å². The van der Waals surface area contributed by atoms with Crippen molar-refractivity contribution in [1.82, 2.24) is 0 Å². The third kappa shape index (κ3) is 2.72. The molecule has 0 radical (unpaired) electrons. The van der Waals surface area contributed by atoms with Gasteiger partial charge in [-0.05, 0) is 13.0 Å². The summed E-state index contributed by atoms with van der Waals surface area (Å²) in [5.74, 6) is -1.53. The molecule has 1 rings (SSSR count). The Balaban J connectivity index is 3.15. The fraction of sp³-hybridized carbons (Fsp3) is 0.182. The van der Waals surface area contributed by atoms with Gasteiger partial charge >= 0.3 is 11.9 Å². The van der Waals surface area contributed by atoms with Gasteiger partial charge in [-0.15, -0.1) is 0 Å². The molecule has 0 aromatic carbocycles. The Morgan fingerprint density at radius 1 is 1.59 bits per heavy atom. The number of methoxy groups -OCH3 is 1. The number of furan rings is 1. The minimum absolute atomic E-state index is 0.113. The number of esters is 1. The van der Waals surface area contributed by atoms with Gasteiger partial charge in [-0.3, -0.25) is 0 Å². The summed E-state index contributed by atoms with van der Waals surface area (Å²) in [6, 6.07) is 2.83. The minimum atomic E-state index is -1.36. The average Bonchev–Trinajstić information content (AvgIpc) is 2.65. The molecule has 1 aromatic heterocycles. The van der Waals surface area contributed by atoms with Crippen LogP contribution in [0.1, 0.15) is 21.9 Å². The minimum Gasteiger partial charge on any atom is -0.477 e. The molecule has 6 nitrogen and oxygen atoms in total. The third-order valence-corrected chi connectivity index (χ3v) is 1.98. The standard InChI is InChI=1S/C11H9NO5/c1-6-9(11(15)16-2)4-8(17-6)3-7(5-12)10(13)14/h3-4H,1-2H3,(H,13,14)/b7-3+. The molecule has 0 saturated carbocycles. The highest BCUT2D eigenvalue weighted by molar-refractivity contribution is 5.97. The van der Waals surface area contributed by atoms with Crippen LogP contribution in [-0.2, 0) is 9.53 Å². The van der Waals surface area contributed by atoms with Crippen LogP contribution < -0.4 is 0 Å². The molecule has 0 fully saturated rings. The van der Waals surface area contributed by atoms with E-state index in [1.54, 1.807) is 0 Å². The number of hydrogen-bond acceptors (Lipinski definition) is 5. The normalized spacial score (nSPS) is 10.8. The Labute approximate surface area is 96.7 Å². The van der Waals surface area contributed by atoms with Gasteiger partial charge < -0.3 is 14.3 Å². The molecule has 1 aromatic rings. The van der Waals surface area contributed by atoms with Crippen LogP contribution in [0.2, 0.25) is 0 Å². The maximum absolute atomic E-state index is 11.3. The summed E-state index contributed by atoms with van der Waals surface area (Å²) < 4.78 is 9.64. The number of carbonyl (C=O) groups excluding carboxylic acids is 1. The van der Waals surface area contributed by atoms with E-state index in [0.717, 1.165) is 6.08 Å². The highest BCUT2D eigenvalue weighted by Crippen LogP contribution is 2.18. The Morgan fingerprint density at radius 3 is 2.71 bits per heavy atom. The molecule has 1 heterocycles. The molecule has 1 N–H and O–H groups in total. The summed E-state index contributed by atoms with van der Waals surface area (Å²) >= 11 is 0. The maximum Gasteiger partial charge on any atom is 0.346 e. The SMILES string of the molecule is COC(=O)c1cc(/C=C(\C#N)C(=O)O)oc1C. The van der Waals surface area contributed by atoms with Gasteiger partial charge in [0.05, 0.1) is 7.11 Å². The van der Waals surface area contributed by atoms with E-state index in [4.69, 9.17) is 14.8 Å². The monoisotopic (exact) mass is 235 g/mol. The van der Waals surface area contributed by atoms with E-state index in [9.17, 15) is 9.59 Å². The maximum atomic E-state index is 11.3. The van der Waals surface area contributed by atoms with Crippen LogP contribution in [0.25, 0.3) is 6.08 Å². The van der Waals surface area contributed by atoms with E-state index in [1.807, 2.05) is 0 Å². The molecule has 0 bridgehead atoms. The highest BCUT2D eigenvalue weighted by atomic mass is 16.5. The molecule has 0 amide bonds. The fourth-order valence-corrected chi connectivity index (χ4v) is 1.17. The largest absolute Gasteiger partial charge is 0.477 e. The van der Waals surface area contributed by atoms with E-state index in [1.165, 1.54) is 26.2 Å². The summed E-state index contributed by atoms with van der Waals surface area (Å²) in [5, 5.41) is 17.2. The first-order chi connectivity index (χ1) is 7.99. The Kier molecular flexibility index (Phi) is 3.67. The topological polar surface area (TPSA) is 101 Å². The van der Waals surface area contributed by atoms with Crippen molar-refractivity contribution in [2.75, 3.05) is 7.11 Å². The van der Waals surface area contributed by atoms with Gasteiger partial charge in [0.15, 0.2) is 0 Å². The van der Waals surface area contributed by atoms with Crippen LogP contribution in [0.3, 0.4) is 0 Å². The smallest absolute Gasteiger partial charge is 0.346 e. The van der Waals surface area contributed by atoms with Gasteiger partial charge in [-0.1, -0.05) is 0 Å². The number of nitriles is 1. The number of carboxylic acid groups (broad SMARTS) is 1. The molecule has 0 aliphatic carbocycles. The van der Waals surface area contributed by atoms with Gasteiger partial charge in [0, 0.05) is 6.08 Å². The first kappa shape index (κ1) is 12.5.